The average Bonchev–Trinajstić information content (AvgIpc) is 3.58. The summed E-state index contributed by atoms with van der Waals surface area (Å²) in [7, 11) is 3.40. The van der Waals surface area contributed by atoms with E-state index in [0.29, 0.717) is 18.6 Å². The largest absolute Gasteiger partial charge is 0.395 e. The van der Waals surface area contributed by atoms with Crippen LogP contribution in [0.1, 0.15) is 46.0 Å². The third kappa shape index (κ3) is 3.39. The Morgan fingerprint density at radius 2 is 2.03 bits per heavy atom. The lowest BCUT2D eigenvalue weighted by Crippen LogP contribution is -2.68. The molecule has 0 bridgehead atoms. The second kappa shape index (κ2) is 9.09. The molecule has 1 N–H and O–H groups in total. The molecule has 2 aliphatic heterocycles. The molecule has 0 aromatic rings. The van der Waals surface area contributed by atoms with Gasteiger partial charge >= 0.3 is 0 Å². The highest BCUT2D eigenvalue weighted by atomic mass is 19.1. The summed E-state index contributed by atoms with van der Waals surface area (Å²) in [6.07, 6.45) is 6.95. The van der Waals surface area contributed by atoms with E-state index >= 15 is 4.39 Å². The molecule has 2 saturated heterocycles. The van der Waals surface area contributed by atoms with Crippen molar-refractivity contribution in [3.8, 4) is 0 Å². The molecule has 0 aromatic carbocycles. The number of halogens is 1. The molecule has 6 rings (SSSR count). The van der Waals surface area contributed by atoms with Gasteiger partial charge in [-0.1, -0.05) is 23.7 Å². The number of hydrogen-bond acceptors (Lipinski definition) is 8. The Labute approximate surface area is 222 Å². The van der Waals surface area contributed by atoms with Gasteiger partial charge in [0, 0.05) is 25.4 Å². The maximum atomic E-state index is 17.6. The highest BCUT2D eigenvalue weighted by molar-refractivity contribution is 6.05. The molecule has 0 radical (unpaired) electrons. The number of ether oxygens (including phenoxy) is 4. The van der Waals surface area contributed by atoms with Crippen LogP contribution < -0.4 is 0 Å². The lowest BCUT2D eigenvalue weighted by Gasteiger charge is -2.60. The summed E-state index contributed by atoms with van der Waals surface area (Å²) in [5.74, 6) is -1.37. The van der Waals surface area contributed by atoms with E-state index < -0.39 is 28.6 Å². The van der Waals surface area contributed by atoms with Crippen LogP contribution in [-0.4, -0.2) is 85.7 Å². The van der Waals surface area contributed by atoms with Gasteiger partial charge in [-0.05, 0) is 62.5 Å². The van der Waals surface area contributed by atoms with Gasteiger partial charge in [-0.3, -0.25) is 4.79 Å². The molecule has 38 heavy (non-hydrogen) atoms. The number of amides is 1. The molecule has 1 amide bonds. The van der Waals surface area contributed by atoms with Crippen LogP contribution in [0.15, 0.2) is 29.0 Å². The van der Waals surface area contributed by atoms with Crippen LogP contribution in [0.5, 0.6) is 0 Å². The maximum absolute atomic E-state index is 17.6. The first-order chi connectivity index (χ1) is 18.1. The summed E-state index contributed by atoms with van der Waals surface area (Å²) in [6.45, 7) is 4.74. The first kappa shape index (κ1) is 26.4. The van der Waals surface area contributed by atoms with Crippen molar-refractivity contribution >= 4 is 11.6 Å². The van der Waals surface area contributed by atoms with Gasteiger partial charge in [0.25, 0.3) is 0 Å². The number of nitrogens with zero attached hydrogens (tertiary/aromatic N) is 2. The fourth-order valence-corrected chi connectivity index (χ4v) is 8.65. The van der Waals surface area contributed by atoms with Crippen LogP contribution in [-0.2, 0) is 28.6 Å². The molecule has 0 aromatic heterocycles. The predicted octanol–water partition coefficient (Wildman–Crippen LogP) is 2.94. The quantitative estimate of drug-likeness (QED) is 0.437. The SMILES string of the molecule is C[C@@H]1C[C@@H]2C(C[C@H](O)[C@@]3(F)[C@H]2CCC2=C/C(=N/OCCC(=O)N(C)C)C=C[C@@]23C)[C@]12OCOC21COCO1. The minimum Gasteiger partial charge on any atom is -0.395 e. The van der Waals surface area contributed by atoms with E-state index in [2.05, 4.69) is 12.1 Å². The van der Waals surface area contributed by atoms with E-state index in [1.54, 1.807) is 20.2 Å². The lowest BCUT2D eigenvalue weighted by molar-refractivity contribution is -0.249. The lowest BCUT2D eigenvalue weighted by atomic mass is 9.47. The smallest absolute Gasteiger partial charge is 0.226 e. The third-order valence-corrected chi connectivity index (χ3v) is 10.5. The topological polar surface area (TPSA) is 99.1 Å². The van der Waals surface area contributed by atoms with Crippen molar-refractivity contribution in [3.63, 3.8) is 0 Å². The van der Waals surface area contributed by atoms with Gasteiger partial charge in [-0.15, -0.1) is 0 Å². The second-order valence-electron chi connectivity index (χ2n) is 12.2. The van der Waals surface area contributed by atoms with E-state index in [-0.39, 0.29) is 69.2 Å². The second-order valence-corrected chi connectivity index (χ2v) is 12.2. The Balaban J connectivity index is 1.25. The first-order valence-electron chi connectivity index (χ1n) is 13.8. The Hall–Kier alpha value is -1.85. The van der Waals surface area contributed by atoms with Gasteiger partial charge < -0.3 is 33.8 Å². The standard InChI is InChI=1S/C28H39FN2O7/c1-17-11-20-21-6-5-18-12-19(30-38-10-8-24(33)31(3)4)7-9-25(18,2)27(21,29)23(32)13-22(20)28(17)26(36-16-37-28)14-34-15-35-26/h7,9,12,17,20-23,32H,5-6,8,10-11,13-16H2,1-4H3/b30-19+/t17-,20+,21+,22?,23+,25+,26?,27+,28-/m1/s1. The Bertz CT molecular complexity index is 1070. The molecule has 6 aliphatic rings. The Morgan fingerprint density at radius 1 is 1.24 bits per heavy atom. The van der Waals surface area contributed by atoms with Crippen molar-refractivity contribution < 1.29 is 38.1 Å². The molecule has 3 saturated carbocycles. The summed E-state index contributed by atoms with van der Waals surface area (Å²) in [4.78, 5) is 18.6. The molecule has 4 aliphatic carbocycles. The van der Waals surface area contributed by atoms with Gasteiger partial charge in [0.15, 0.2) is 19.3 Å². The number of allylic oxidation sites excluding steroid dienone is 4. The zero-order chi connectivity index (χ0) is 26.9. The Morgan fingerprint density at radius 3 is 2.76 bits per heavy atom. The first-order valence-corrected chi connectivity index (χ1v) is 13.8. The molecule has 210 valence electrons. The Kier molecular flexibility index (Phi) is 6.31. The number of carbonyl (C=O) groups is 1. The third-order valence-electron chi connectivity index (χ3n) is 10.5. The molecule has 2 spiro atoms. The minimum absolute atomic E-state index is 0.0283. The zero-order valence-electron chi connectivity index (χ0n) is 22.7. The molecule has 10 heteroatoms. The van der Waals surface area contributed by atoms with E-state index in [0.717, 1.165) is 12.0 Å². The van der Waals surface area contributed by atoms with E-state index in [1.165, 1.54) is 4.90 Å². The summed E-state index contributed by atoms with van der Waals surface area (Å²) in [5, 5.41) is 15.8. The van der Waals surface area contributed by atoms with E-state index in [1.807, 2.05) is 19.1 Å². The molecule has 5 fully saturated rings. The monoisotopic (exact) mass is 534 g/mol. The minimum atomic E-state index is -1.83. The van der Waals surface area contributed by atoms with Crippen LogP contribution in [0, 0.1) is 29.1 Å². The number of aliphatic hydroxyl groups excluding tert-OH is 1. The van der Waals surface area contributed by atoms with Crippen molar-refractivity contribution in [1.82, 2.24) is 4.90 Å². The number of fused-ring (bicyclic) bond motifs is 7. The van der Waals surface area contributed by atoms with Crippen molar-refractivity contribution in [1.29, 1.82) is 0 Å². The van der Waals surface area contributed by atoms with Crippen molar-refractivity contribution in [2.75, 3.05) is 40.9 Å². The van der Waals surface area contributed by atoms with Gasteiger partial charge in [-0.2, -0.15) is 0 Å². The van der Waals surface area contributed by atoms with Crippen molar-refractivity contribution in [2.45, 2.75) is 69.1 Å². The summed E-state index contributed by atoms with van der Waals surface area (Å²) in [6, 6.07) is 0. The van der Waals surface area contributed by atoms with Crippen molar-refractivity contribution in [2.24, 2.45) is 34.2 Å². The molecule has 9 atom stereocenters. The van der Waals surface area contributed by atoms with Gasteiger partial charge in [0.1, 0.15) is 24.5 Å². The van der Waals surface area contributed by atoms with Crippen LogP contribution >= 0.6 is 0 Å². The highest BCUT2D eigenvalue weighted by Crippen LogP contribution is 2.69. The number of rotatable bonds is 4. The van der Waals surface area contributed by atoms with E-state index in [9.17, 15) is 9.90 Å². The predicted molar refractivity (Wildman–Crippen MR) is 134 cm³/mol. The highest BCUT2D eigenvalue weighted by Gasteiger charge is 2.77. The normalized spacial score (nSPS) is 48.2. The number of carbonyl (C=O) groups excluding carboxylic acids is 1. The van der Waals surface area contributed by atoms with Crippen LogP contribution in [0.3, 0.4) is 0 Å². The van der Waals surface area contributed by atoms with Crippen molar-refractivity contribution in [3.05, 3.63) is 23.8 Å². The average molecular weight is 535 g/mol. The fourth-order valence-electron chi connectivity index (χ4n) is 8.65. The number of oxime groups is 1. The summed E-state index contributed by atoms with van der Waals surface area (Å²) >= 11 is 0. The number of alkyl halides is 1. The van der Waals surface area contributed by atoms with Gasteiger partial charge in [-0.25, -0.2) is 4.39 Å². The van der Waals surface area contributed by atoms with Crippen LogP contribution in [0.2, 0.25) is 0 Å². The zero-order valence-corrected chi connectivity index (χ0v) is 22.7. The fraction of sp³-hybridized carbons (Fsp3) is 0.786. The molecule has 9 nitrogen and oxygen atoms in total. The van der Waals surface area contributed by atoms with E-state index in [4.69, 9.17) is 23.8 Å². The summed E-state index contributed by atoms with van der Waals surface area (Å²) < 4.78 is 41.6. The van der Waals surface area contributed by atoms with Crippen LogP contribution in [0.25, 0.3) is 0 Å². The summed E-state index contributed by atoms with van der Waals surface area (Å²) in [5.41, 5.74) is -2.05. The molecular formula is C28H39FN2O7. The number of hydrogen-bond donors (Lipinski definition) is 1. The van der Waals surface area contributed by atoms with Gasteiger partial charge in [0.2, 0.25) is 11.7 Å². The molecule has 2 unspecified atom stereocenters. The molecule has 2 heterocycles. The molecular weight excluding hydrogens is 495 g/mol. The van der Waals surface area contributed by atoms with Gasteiger partial charge in [0.05, 0.1) is 12.5 Å². The van der Waals surface area contributed by atoms with Crippen LogP contribution in [0.4, 0.5) is 4.39 Å². The maximum Gasteiger partial charge on any atom is 0.226 e. The number of aliphatic hydroxyl groups is 1.